The van der Waals surface area contributed by atoms with Crippen molar-refractivity contribution in [3.8, 4) is 11.3 Å². The Kier molecular flexibility index (Phi) is 4.91. The summed E-state index contributed by atoms with van der Waals surface area (Å²) in [5.74, 6) is 0. The molecule has 0 fully saturated rings. The molecule has 0 radical (unpaired) electrons. The number of nitrogens with zero attached hydrogens (tertiary/aromatic N) is 1. The lowest BCUT2D eigenvalue weighted by Gasteiger charge is -2.11. The number of benzene rings is 2. The Morgan fingerprint density at radius 2 is 1.83 bits per heavy atom. The largest absolute Gasteiger partial charge is 0.323 e. The van der Waals surface area contributed by atoms with Gasteiger partial charge in [0, 0.05) is 22.3 Å². The molecule has 0 aliphatic rings. The summed E-state index contributed by atoms with van der Waals surface area (Å²) in [5.41, 5.74) is 4.71. The lowest BCUT2D eigenvalue weighted by Crippen LogP contribution is -2.20. The van der Waals surface area contributed by atoms with E-state index in [1.807, 2.05) is 60.8 Å². The maximum Gasteiger partial charge on any atom is 0.323 e. The van der Waals surface area contributed by atoms with Crippen molar-refractivity contribution in [2.75, 3.05) is 10.6 Å². The third-order valence-electron chi connectivity index (χ3n) is 3.70. The summed E-state index contributed by atoms with van der Waals surface area (Å²) in [4.78, 5) is 16.6. The maximum atomic E-state index is 12.2. The average Bonchev–Trinajstić information content (AvgIpc) is 3.02. The number of para-hydroxylation sites is 1. The molecule has 1 heterocycles. The van der Waals surface area contributed by atoms with E-state index in [4.69, 9.17) is 0 Å². The molecule has 0 spiro atoms. The topological polar surface area (TPSA) is 54.0 Å². The van der Waals surface area contributed by atoms with Crippen LogP contribution in [0.5, 0.6) is 0 Å². The predicted molar refractivity (Wildman–Crippen MR) is 101 cm³/mol. The summed E-state index contributed by atoms with van der Waals surface area (Å²) >= 11 is 1.63. The molecule has 0 atom stereocenters. The highest BCUT2D eigenvalue weighted by atomic mass is 32.1. The summed E-state index contributed by atoms with van der Waals surface area (Å²) in [6.45, 7) is 4.06. The van der Waals surface area contributed by atoms with E-state index >= 15 is 0 Å². The standard InChI is InChI=1S/C19H19N3OS/c1-3-14-6-4-5-7-17(14)22-19(23)21-16-10-8-15(9-11-16)18-12-24-13(2)20-18/h4-12H,3H2,1-2H3,(H2,21,22,23). The molecule has 0 aliphatic carbocycles. The van der Waals surface area contributed by atoms with E-state index in [1.54, 1.807) is 11.3 Å². The van der Waals surface area contributed by atoms with E-state index in [-0.39, 0.29) is 6.03 Å². The zero-order valence-electron chi connectivity index (χ0n) is 13.7. The molecule has 24 heavy (non-hydrogen) atoms. The number of thiazole rings is 1. The van der Waals surface area contributed by atoms with Crippen LogP contribution in [0.25, 0.3) is 11.3 Å². The van der Waals surface area contributed by atoms with Crippen LogP contribution in [0.2, 0.25) is 0 Å². The van der Waals surface area contributed by atoms with Gasteiger partial charge in [0.25, 0.3) is 0 Å². The van der Waals surface area contributed by atoms with Crippen molar-refractivity contribution in [2.45, 2.75) is 20.3 Å². The van der Waals surface area contributed by atoms with Crippen LogP contribution in [0, 0.1) is 6.92 Å². The van der Waals surface area contributed by atoms with Crippen LogP contribution in [0.15, 0.2) is 53.9 Å². The molecule has 2 N–H and O–H groups in total. The van der Waals surface area contributed by atoms with E-state index in [9.17, 15) is 4.79 Å². The van der Waals surface area contributed by atoms with Gasteiger partial charge < -0.3 is 10.6 Å². The van der Waals surface area contributed by atoms with E-state index < -0.39 is 0 Å². The molecule has 3 rings (SSSR count). The fourth-order valence-corrected chi connectivity index (χ4v) is 3.08. The Morgan fingerprint density at radius 1 is 1.08 bits per heavy atom. The number of amides is 2. The second-order valence-electron chi connectivity index (χ2n) is 5.42. The van der Waals surface area contributed by atoms with Gasteiger partial charge in [-0.3, -0.25) is 0 Å². The van der Waals surface area contributed by atoms with Gasteiger partial charge >= 0.3 is 6.03 Å². The van der Waals surface area contributed by atoms with Crippen LogP contribution in [0.3, 0.4) is 0 Å². The van der Waals surface area contributed by atoms with E-state index in [2.05, 4.69) is 22.5 Å². The molecule has 2 aromatic carbocycles. The van der Waals surface area contributed by atoms with Crippen molar-refractivity contribution < 1.29 is 4.79 Å². The van der Waals surface area contributed by atoms with Crippen LogP contribution in [-0.4, -0.2) is 11.0 Å². The molecule has 122 valence electrons. The van der Waals surface area contributed by atoms with Crippen LogP contribution in [0.1, 0.15) is 17.5 Å². The van der Waals surface area contributed by atoms with Gasteiger partial charge in [-0.25, -0.2) is 9.78 Å². The van der Waals surface area contributed by atoms with Crippen LogP contribution >= 0.6 is 11.3 Å². The normalized spacial score (nSPS) is 10.4. The molecule has 3 aromatic rings. The monoisotopic (exact) mass is 337 g/mol. The Labute approximate surface area is 145 Å². The number of hydrogen-bond donors (Lipinski definition) is 2. The highest BCUT2D eigenvalue weighted by molar-refractivity contribution is 7.09. The van der Waals surface area contributed by atoms with Gasteiger partial charge in [0.05, 0.1) is 10.7 Å². The summed E-state index contributed by atoms with van der Waals surface area (Å²) in [6, 6.07) is 15.3. The number of urea groups is 1. The smallest absolute Gasteiger partial charge is 0.308 e. The molecule has 1 aromatic heterocycles. The molecule has 2 amide bonds. The van der Waals surface area contributed by atoms with E-state index in [0.717, 1.165) is 39.6 Å². The number of nitrogens with one attached hydrogen (secondary N) is 2. The van der Waals surface area contributed by atoms with Crippen molar-refractivity contribution in [3.63, 3.8) is 0 Å². The zero-order valence-corrected chi connectivity index (χ0v) is 14.5. The minimum Gasteiger partial charge on any atom is -0.308 e. The minimum atomic E-state index is -0.242. The van der Waals surface area contributed by atoms with Gasteiger partial charge in [-0.1, -0.05) is 37.3 Å². The van der Waals surface area contributed by atoms with Gasteiger partial charge in [-0.2, -0.15) is 0 Å². The van der Waals surface area contributed by atoms with Crippen LogP contribution in [-0.2, 0) is 6.42 Å². The lowest BCUT2D eigenvalue weighted by atomic mass is 10.1. The molecule has 0 saturated heterocycles. The Bertz CT molecular complexity index is 840. The number of anilines is 2. The minimum absolute atomic E-state index is 0.242. The van der Waals surface area contributed by atoms with E-state index in [0.29, 0.717) is 0 Å². The van der Waals surface area contributed by atoms with Gasteiger partial charge in [-0.05, 0) is 37.1 Å². The summed E-state index contributed by atoms with van der Waals surface area (Å²) < 4.78 is 0. The van der Waals surface area contributed by atoms with Gasteiger partial charge in [-0.15, -0.1) is 11.3 Å². The maximum absolute atomic E-state index is 12.2. The average molecular weight is 337 g/mol. The number of carbonyl (C=O) groups excluding carboxylic acids is 1. The molecule has 0 aliphatic heterocycles. The van der Waals surface area contributed by atoms with Gasteiger partial charge in [0.2, 0.25) is 0 Å². The zero-order chi connectivity index (χ0) is 16.9. The highest BCUT2D eigenvalue weighted by Gasteiger charge is 2.07. The first kappa shape index (κ1) is 16.2. The Morgan fingerprint density at radius 3 is 2.50 bits per heavy atom. The quantitative estimate of drug-likeness (QED) is 0.676. The number of carbonyl (C=O) groups is 1. The summed E-state index contributed by atoms with van der Waals surface area (Å²) in [6.07, 6.45) is 0.873. The van der Waals surface area contributed by atoms with Crippen molar-refractivity contribution in [1.82, 2.24) is 4.98 Å². The van der Waals surface area contributed by atoms with Crippen molar-refractivity contribution in [2.24, 2.45) is 0 Å². The first-order valence-corrected chi connectivity index (χ1v) is 8.72. The first-order chi connectivity index (χ1) is 11.7. The molecule has 5 heteroatoms. The fourth-order valence-electron chi connectivity index (χ4n) is 2.46. The Hall–Kier alpha value is -2.66. The number of rotatable bonds is 4. The summed E-state index contributed by atoms with van der Waals surface area (Å²) in [5, 5.41) is 8.83. The lowest BCUT2D eigenvalue weighted by molar-refractivity contribution is 0.262. The molecular weight excluding hydrogens is 318 g/mol. The molecule has 0 bridgehead atoms. The van der Waals surface area contributed by atoms with Crippen LogP contribution in [0.4, 0.5) is 16.2 Å². The molecule has 0 saturated carbocycles. The summed E-state index contributed by atoms with van der Waals surface area (Å²) in [7, 11) is 0. The predicted octanol–water partition coefficient (Wildman–Crippen LogP) is 5.32. The SMILES string of the molecule is CCc1ccccc1NC(=O)Nc1ccc(-c2csc(C)n2)cc1. The second-order valence-corrected chi connectivity index (χ2v) is 6.48. The third-order valence-corrected chi connectivity index (χ3v) is 4.48. The number of aryl methyl sites for hydroxylation is 2. The highest BCUT2D eigenvalue weighted by Crippen LogP contribution is 2.23. The van der Waals surface area contributed by atoms with Crippen molar-refractivity contribution in [1.29, 1.82) is 0 Å². The molecular formula is C19H19N3OS. The van der Waals surface area contributed by atoms with Crippen LogP contribution < -0.4 is 10.6 Å². The second kappa shape index (κ2) is 7.27. The Balaban J connectivity index is 1.66. The molecule has 0 unspecified atom stereocenters. The molecule has 4 nitrogen and oxygen atoms in total. The first-order valence-electron chi connectivity index (χ1n) is 7.84. The van der Waals surface area contributed by atoms with E-state index in [1.165, 1.54) is 0 Å². The van der Waals surface area contributed by atoms with Gasteiger partial charge in [0.1, 0.15) is 0 Å². The van der Waals surface area contributed by atoms with Gasteiger partial charge in [0.15, 0.2) is 0 Å². The fraction of sp³-hybridized carbons (Fsp3) is 0.158. The number of hydrogen-bond acceptors (Lipinski definition) is 3. The number of aromatic nitrogens is 1. The van der Waals surface area contributed by atoms with Crippen molar-refractivity contribution >= 4 is 28.7 Å². The van der Waals surface area contributed by atoms with Crippen molar-refractivity contribution in [3.05, 3.63) is 64.5 Å². The third kappa shape index (κ3) is 3.81.